The topological polar surface area (TPSA) is 67.5 Å². The van der Waals surface area contributed by atoms with E-state index in [0.29, 0.717) is 24.2 Å². The number of aromatic carboxylic acids is 1. The molecule has 4 nitrogen and oxygen atoms in total. The Morgan fingerprint density at radius 3 is 2.50 bits per heavy atom. The predicted octanol–water partition coefficient (Wildman–Crippen LogP) is 2.87. The molecule has 0 saturated carbocycles. The van der Waals surface area contributed by atoms with Crippen molar-refractivity contribution in [3.63, 3.8) is 0 Å². The zero-order valence-electron chi connectivity index (χ0n) is 9.74. The maximum atomic E-state index is 11.1. The van der Waals surface area contributed by atoms with Crippen LogP contribution in [0.2, 0.25) is 0 Å². The largest absolute Gasteiger partial charge is 0.478 e. The summed E-state index contributed by atoms with van der Waals surface area (Å²) in [6, 6.07) is 0. The van der Waals surface area contributed by atoms with Crippen molar-refractivity contribution in [2.24, 2.45) is 0 Å². The molecule has 1 atom stereocenters. The number of aryl methyl sites for hydroxylation is 1. The van der Waals surface area contributed by atoms with Crippen molar-refractivity contribution in [2.45, 2.75) is 39.5 Å². The van der Waals surface area contributed by atoms with Gasteiger partial charge >= 0.3 is 5.97 Å². The molecular formula is C12H16O4. The molecule has 1 N–H and O–H groups in total. The number of carbonyl (C=O) groups is 2. The van der Waals surface area contributed by atoms with E-state index in [0.717, 1.165) is 6.42 Å². The Morgan fingerprint density at radius 2 is 2.12 bits per heavy atom. The van der Waals surface area contributed by atoms with E-state index in [1.807, 2.05) is 20.8 Å². The van der Waals surface area contributed by atoms with Gasteiger partial charge in [0.25, 0.3) is 0 Å². The molecule has 0 fully saturated rings. The van der Waals surface area contributed by atoms with Gasteiger partial charge < -0.3 is 9.52 Å². The van der Waals surface area contributed by atoms with Gasteiger partial charge in [-0.05, 0) is 6.42 Å². The fourth-order valence-corrected chi connectivity index (χ4v) is 1.65. The molecule has 0 aliphatic heterocycles. The van der Waals surface area contributed by atoms with Crippen LogP contribution in [-0.4, -0.2) is 17.4 Å². The molecule has 0 aromatic carbocycles. The fourth-order valence-electron chi connectivity index (χ4n) is 1.65. The van der Waals surface area contributed by atoms with Gasteiger partial charge in [-0.3, -0.25) is 4.79 Å². The van der Waals surface area contributed by atoms with E-state index in [2.05, 4.69) is 0 Å². The van der Waals surface area contributed by atoms with Gasteiger partial charge in [0.1, 0.15) is 17.1 Å². The van der Waals surface area contributed by atoms with Crippen LogP contribution < -0.4 is 0 Å². The van der Waals surface area contributed by atoms with Gasteiger partial charge in [0.2, 0.25) is 0 Å². The Labute approximate surface area is 94.3 Å². The Hall–Kier alpha value is -1.58. The molecule has 1 heterocycles. The summed E-state index contributed by atoms with van der Waals surface area (Å²) < 4.78 is 5.49. The second-order valence-electron chi connectivity index (χ2n) is 3.76. The maximum Gasteiger partial charge on any atom is 0.340 e. The summed E-state index contributed by atoms with van der Waals surface area (Å²) >= 11 is 0. The first-order valence-corrected chi connectivity index (χ1v) is 5.40. The molecule has 1 aromatic rings. The van der Waals surface area contributed by atoms with Crippen LogP contribution in [0.25, 0.3) is 0 Å². The number of hydrogen-bond acceptors (Lipinski definition) is 3. The summed E-state index contributed by atoms with van der Waals surface area (Å²) in [6.45, 7) is 5.67. The van der Waals surface area contributed by atoms with E-state index in [1.165, 1.54) is 0 Å². The molecule has 88 valence electrons. The average molecular weight is 224 g/mol. The maximum absolute atomic E-state index is 11.1. The lowest BCUT2D eigenvalue weighted by Gasteiger charge is -2.05. The molecule has 0 spiro atoms. The van der Waals surface area contributed by atoms with Crippen molar-refractivity contribution < 1.29 is 19.1 Å². The quantitative estimate of drug-likeness (QED) is 0.781. The zero-order chi connectivity index (χ0) is 12.3. The van der Waals surface area contributed by atoms with Crippen LogP contribution in [0.3, 0.4) is 0 Å². The van der Waals surface area contributed by atoms with Gasteiger partial charge in [-0.2, -0.15) is 0 Å². The van der Waals surface area contributed by atoms with E-state index in [1.54, 1.807) is 0 Å². The lowest BCUT2D eigenvalue weighted by Crippen LogP contribution is -2.05. The second kappa shape index (κ2) is 4.96. The molecule has 0 amide bonds. The number of rotatable bonds is 5. The van der Waals surface area contributed by atoms with Crippen molar-refractivity contribution in [2.75, 3.05) is 0 Å². The second-order valence-corrected chi connectivity index (χ2v) is 3.76. The molecule has 0 aliphatic carbocycles. The third-order valence-corrected chi connectivity index (χ3v) is 2.76. The normalized spacial score (nSPS) is 12.4. The minimum absolute atomic E-state index is 0.00472. The van der Waals surface area contributed by atoms with Crippen LogP contribution in [0.4, 0.5) is 0 Å². The molecule has 0 radical (unpaired) electrons. The summed E-state index contributed by atoms with van der Waals surface area (Å²) in [5.74, 6) is -0.220. The Morgan fingerprint density at radius 1 is 1.50 bits per heavy atom. The fraction of sp³-hybridized carbons (Fsp3) is 0.500. The Bertz CT molecular complexity index is 403. The minimum atomic E-state index is -1.10. The molecule has 1 unspecified atom stereocenters. The lowest BCUT2D eigenvalue weighted by molar-refractivity contribution is 0.0691. The molecular weight excluding hydrogens is 208 g/mol. The van der Waals surface area contributed by atoms with Crippen molar-refractivity contribution in [3.05, 3.63) is 22.6 Å². The minimum Gasteiger partial charge on any atom is -0.478 e. The molecule has 16 heavy (non-hydrogen) atoms. The van der Waals surface area contributed by atoms with Crippen LogP contribution in [0.5, 0.6) is 0 Å². The van der Waals surface area contributed by atoms with E-state index in [9.17, 15) is 9.59 Å². The summed E-state index contributed by atoms with van der Waals surface area (Å²) in [4.78, 5) is 22.0. The molecule has 1 rings (SSSR count). The number of hydrogen-bond donors (Lipinski definition) is 1. The van der Waals surface area contributed by atoms with Crippen molar-refractivity contribution >= 4 is 12.3 Å². The van der Waals surface area contributed by atoms with Crippen LogP contribution in [0.15, 0.2) is 4.42 Å². The van der Waals surface area contributed by atoms with Gasteiger partial charge in [-0.25, -0.2) is 4.79 Å². The monoisotopic (exact) mass is 224 g/mol. The van der Waals surface area contributed by atoms with Gasteiger partial charge in [0.15, 0.2) is 6.29 Å². The average Bonchev–Trinajstić information content (AvgIpc) is 2.66. The molecule has 1 aromatic heterocycles. The number of aldehydes is 1. The van der Waals surface area contributed by atoms with Crippen molar-refractivity contribution in [1.29, 1.82) is 0 Å². The number of carbonyl (C=O) groups excluding carboxylic acids is 1. The van der Waals surface area contributed by atoms with Gasteiger partial charge in [0, 0.05) is 12.3 Å². The summed E-state index contributed by atoms with van der Waals surface area (Å²) in [5, 5.41) is 9.11. The van der Waals surface area contributed by atoms with Gasteiger partial charge in [-0.15, -0.1) is 0 Å². The third kappa shape index (κ3) is 2.01. The van der Waals surface area contributed by atoms with Crippen LogP contribution in [0.1, 0.15) is 65.3 Å². The summed E-state index contributed by atoms with van der Waals surface area (Å²) in [7, 11) is 0. The molecule has 0 bridgehead atoms. The predicted molar refractivity (Wildman–Crippen MR) is 59.1 cm³/mol. The first kappa shape index (κ1) is 12.5. The highest BCUT2D eigenvalue weighted by atomic mass is 16.4. The summed E-state index contributed by atoms with van der Waals surface area (Å²) in [5.41, 5.74) is 0.214. The van der Waals surface area contributed by atoms with E-state index < -0.39 is 5.97 Å². The molecule has 4 heteroatoms. The first-order valence-electron chi connectivity index (χ1n) is 5.40. The zero-order valence-corrected chi connectivity index (χ0v) is 9.74. The van der Waals surface area contributed by atoms with E-state index in [-0.39, 0.29) is 17.0 Å². The SMILES string of the molecule is CCc1oc(C(C)CC)c(C(=O)O)c1C=O. The van der Waals surface area contributed by atoms with Crippen LogP contribution in [0, 0.1) is 0 Å². The number of carboxylic acid groups (broad SMARTS) is 1. The van der Waals surface area contributed by atoms with Crippen LogP contribution >= 0.6 is 0 Å². The summed E-state index contributed by atoms with van der Waals surface area (Å²) in [6.07, 6.45) is 1.86. The Kier molecular flexibility index (Phi) is 3.88. The van der Waals surface area contributed by atoms with Gasteiger partial charge in [0.05, 0.1) is 5.56 Å². The first-order chi connectivity index (χ1) is 7.56. The van der Waals surface area contributed by atoms with Crippen molar-refractivity contribution in [3.8, 4) is 0 Å². The highest BCUT2D eigenvalue weighted by molar-refractivity contribution is 5.99. The van der Waals surface area contributed by atoms with E-state index in [4.69, 9.17) is 9.52 Å². The molecule has 0 saturated heterocycles. The lowest BCUT2D eigenvalue weighted by atomic mass is 9.99. The standard InChI is InChI=1S/C12H16O4/c1-4-7(3)11-10(12(14)15)8(6-13)9(5-2)16-11/h6-7H,4-5H2,1-3H3,(H,14,15). The van der Waals surface area contributed by atoms with Crippen LogP contribution in [-0.2, 0) is 6.42 Å². The highest BCUT2D eigenvalue weighted by Crippen LogP contribution is 2.30. The van der Waals surface area contributed by atoms with E-state index >= 15 is 0 Å². The number of carboxylic acids is 1. The smallest absolute Gasteiger partial charge is 0.340 e. The Balaban J connectivity index is 3.42. The van der Waals surface area contributed by atoms with Gasteiger partial charge in [-0.1, -0.05) is 20.8 Å². The number of furan rings is 1. The van der Waals surface area contributed by atoms with Crippen molar-refractivity contribution in [1.82, 2.24) is 0 Å². The third-order valence-electron chi connectivity index (χ3n) is 2.76. The highest BCUT2D eigenvalue weighted by Gasteiger charge is 2.26. The molecule has 0 aliphatic rings.